The second-order valence-corrected chi connectivity index (χ2v) is 5.86. The minimum atomic E-state index is 0.286. The van der Waals surface area contributed by atoms with Crippen LogP contribution in [0.2, 0.25) is 0 Å². The fourth-order valence-corrected chi connectivity index (χ4v) is 3.27. The lowest BCUT2D eigenvalue weighted by atomic mass is 9.93. The van der Waals surface area contributed by atoms with Crippen LogP contribution in [0.1, 0.15) is 38.3 Å². The molecular formula is C19H25NO. The van der Waals surface area contributed by atoms with E-state index in [4.69, 9.17) is 4.74 Å². The van der Waals surface area contributed by atoms with Crippen LogP contribution in [0.5, 0.6) is 0 Å². The highest BCUT2D eigenvalue weighted by molar-refractivity contribution is 5.86. The Morgan fingerprint density at radius 2 is 1.86 bits per heavy atom. The Labute approximate surface area is 127 Å². The van der Waals surface area contributed by atoms with Crippen molar-refractivity contribution in [2.24, 2.45) is 5.92 Å². The van der Waals surface area contributed by atoms with Crippen LogP contribution in [0.25, 0.3) is 10.8 Å². The van der Waals surface area contributed by atoms with Crippen molar-refractivity contribution in [1.29, 1.82) is 0 Å². The van der Waals surface area contributed by atoms with Crippen LogP contribution in [0.15, 0.2) is 42.5 Å². The van der Waals surface area contributed by atoms with Gasteiger partial charge in [0.25, 0.3) is 0 Å². The van der Waals surface area contributed by atoms with Crippen LogP contribution in [0.4, 0.5) is 0 Å². The Hall–Kier alpha value is -1.38. The summed E-state index contributed by atoms with van der Waals surface area (Å²) in [4.78, 5) is 0. The molecule has 0 heterocycles. The van der Waals surface area contributed by atoms with Crippen LogP contribution in [0.3, 0.4) is 0 Å². The van der Waals surface area contributed by atoms with E-state index in [2.05, 4.69) is 61.6 Å². The summed E-state index contributed by atoms with van der Waals surface area (Å²) in [5, 5.41) is 6.33. The third-order valence-corrected chi connectivity index (χ3v) is 4.36. The molecule has 0 saturated heterocycles. The summed E-state index contributed by atoms with van der Waals surface area (Å²) in [5.41, 5.74) is 1.38. The van der Waals surface area contributed by atoms with Gasteiger partial charge >= 0.3 is 0 Å². The molecule has 2 heteroatoms. The van der Waals surface area contributed by atoms with Gasteiger partial charge in [-0.3, -0.25) is 0 Å². The minimum Gasteiger partial charge on any atom is -0.376 e. The maximum Gasteiger partial charge on any atom is 0.0797 e. The van der Waals surface area contributed by atoms with E-state index in [0.29, 0.717) is 12.0 Å². The first-order valence-corrected chi connectivity index (χ1v) is 8.17. The van der Waals surface area contributed by atoms with Crippen LogP contribution < -0.4 is 5.32 Å². The zero-order chi connectivity index (χ0) is 14.7. The minimum absolute atomic E-state index is 0.286. The molecule has 2 nitrogen and oxygen atoms in total. The van der Waals surface area contributed by atoms with Gasteiger partial charge in [0, 0.05) is 6.61 Å². The summed E-state index contributed by atoms with van der Waals surface area (Å²) in [6.07, 6.45) is 2.90. The van der Waals surface area contributed by atoms with Crippen LogP contribution in [-0.4, -0.2) is 19.3 Å². The highest BCUT2D eigenvalue weighted by Crippen LogP contribution is 2.41. The number of benzene rings is 2. The second-order valence-electron chi connectivity index (χ2n) is 5.86. The van der Waals surface area contributed by atoms with Gasteiger partial charge in [0.05, 0.1) is 12.1 Å². The molecular weight excluding hydrogens is 258 g/mol. The van der Waals surface area contributed by atoms with Crippen LogP contribution in [0, 0.1) is 5.92 Å². The van der Waals surface area contributed by atoms with Crippen molar-refractivity contribution in [3.63, 3.8) is 0 Å². The Bertz CT molecular complexity index is 586. The van der Waals surface area contributed by atoms with E-state index in [9.17, 15) is 0 Å². The molecule has 1 aliphatic rings. The lowest BCUT2D eigenvalue weighted by molar-refractivity contribution is 0.0193. The molecule has 0 spiro atoms. The largest absolute Gasteiger partial charge is 0.376 e. The third-order valence-electron chi connectivity index (χ3n) is 4.36. The highest BCUT2D eigenvalue weighted by atomic mass is 16.5. The van der Waals surface area contributed by atoms with Crippen molar-refractivity contribution < 1.29 is 4.74 Å². The molecule has 1 N–H and O–H groups in total. The molecule has 2 aromatic carbocycles. The fourth-order valence-electron chi connectivity index (χ4n) is 3.27. The number of hydrogen-bond donors (Lipinski definition) is 1. The molecule has 2 atom stereocenters. The molecule has 2 unspecified atom stereocenters. The van der Waals surface area contributed by atoms with Gasteiger partial charge in [-0.2, -0.15) is 0 Å². The van der Waals surface area contributed by atoms with Gasteiger partial charge in [-0.05, 0) is 48.6 Å². The van der Waals surface area contributed by atoms with Crippen molar-refractivity contribution in [3.8, 4) is 0 Å². The number of rotatable bonds is 7. The van der Waals surface area contributed by atoms with E-state index >= 15 is 0 Å². The summed E-state index contributed by atoms with van der Waals surface area (Å²) >= 11 is 0. The maximum absolute atomic E-state index is 6.12. The lowest BCUT2D eigenvalue weighted by Crippen LogP contribution is -2.35. The van der Waals surface area contributed by atoms with Gasteiger partial charge in [0.2, 0.25) is 0 Å². The van der Waals surface area contributed by atoms with E-state index in [1.165, 1.54) is 29.2 Å². The monoisotopic (exact) mass is 283 g/mol. The molecule has 0 aromatic heterocycles. The van der Waals surface area contributed by atoms with E-state index in [0.717, 1.165) is 13.2 Å². The van der Waals surface area contributed by atoms with Gasteiger partial charge in [0.1, 0.15) is 0 Å². The molecule has 1 saturated carbocycles. The van der Waals surface area contributed by atoms with E-state index < -0.39 is 0 Å². The average molecular weight is 283 g/mol. The number of nitrogens with one attached hydrogen (secondary N) is 1. The van der Waals surface area contributed by atoms with Crippen molar-refractivity contribution in [2.45, 2.75) is 38.8 Å². The maximum atomic E-state index is 6.12. The Morgan fingerprint density at radius 3 is 2.57 bits per heavy atom. The zero-order valence-electron chi connectivity index (χ0n) is 13.0. The second kappa shape index (κ2) is 6.59. The quantitative estimate of drug-likeness (QED) is 0.817. The first-order valence-electron chi connectivity index (χ1n) is 8.17. The third kappa shape index (κ3) is 3.12. The molecule has 0 radical (unpaired) electrons. The van der Waals surface area contributed by atoms with Crippen molar-refractivity contribution in [3.05, 3.63) is 48.0 Å². The molecule has 0 aliphatic heterocycles. The summed E-state index contributed by atoms with van der Waals surface area (Å²) in [6, 6.07) is 15.5. The van der Waals surface area contributed by atoms with Gasteiger partial charge in [-0.1, -0.05) is 49.4 Å². The smallest absolute Gasteiger partial charge is 0.0797 e. The van der Waals surface area contributed by atoms with Gasteiger partial charge in [-0.15, -0.1) is 0 Å². The van der Waals surface area contributed by atoms with Crippen LogP contribution >= 0.6 is 0 Å². The highest BCUT2D eigenvalue weighted by Gasteiger charge is 2.38. The van der Waals surface area contributed by atoms with Gasteiger partial charge < -0.3 is 10.1 Å². The molecule has 0 bridgehead atoms. The van der Waals surface area contributed by atoms with E-state index in [1.807, 2.05) is 0 Å². The summed E-state index contributed by atoms with van der Waals surface area (Å²) in [6.45, 7) is 6.02. The fraction of sp³-hybridized carbons (Fsp3) is 0.474. The van der Waals surface area contributed by atoms with Crippen molar-refractivity contribution >= 4 is 10.8 Å². The predicted octanol–water partition coefficient (Wildman–Crippen LogP) is 4.31. The molecule has 1 aliphatic carbocycles. The average Bonchev–Trinajstić information content (AvgIpc) is 3.35. The first kappa shape index (κ1) is 14.6. The summed E-state index contributed by atoms with van der Waals surface area (Å²) < 4.78 is 6.12. The Balaban J connectivity index is 2.01. The zero-order valence-corrected chi connectivity index (χ0v) is 13.0. The predicted molar refractivity (Wildman–Crippen MR) is 88.5 cm³/mol. The van der Waals surface area contributed by atoms with E-state index in [-0.39, 0.29) is 6.04 Å². The number of hydrogen-bond acceptors (Lipinski definition) is 2. The Kier molecular flexibility index (Phi) is 4.57. The molecule has 3 rings (SSSR count). The SMILES string of the molecule is CCNC(c1cccc2ccccc12)C(OCC)C1CC1. The van der Waals surface area contributed by atoms with Gasteiger partial charge in [-0.25, -0.2) is 0 Å². The molecule has 1 fully saturated rings. The molecule has 21 heavy (non-hydrogen) atoms. The lowest BCUT2D eigenvalue weighted by Gasteiger charge is -2.29. The summed E-state index contributed by atoms with van der Waals surface area (Å²) in [7, 11) is 0. The van der Waals surface area contributed by atoms with E-state index in [1.54, 1.807) is 0 Å². The number of fused-ring (bicyclic) bond motifs is 1. The number of ether oxygens (including phenoxy) is 1. The first-order chi connectivity index (χ1) is 10.3. The van der Waals surface area contributed by atoms with Gasteiger partial charge in [0.15, 0.2) is 0 Å². The van der Waals surface area contributed by atoms with Crippen molar-refractivity contribution in [1.82, 2.24) is 5.32 Å². The van der Waals surface area contributed by atoms with Crippen molar-refractivity contribution in [2.75, 3.05) is 13.2 Å². The standard InChI is InChI=1S/C19H25NO/c1-3-20-18(19(21-4-2)15-12-13-15)17-11-7-9-14-8-5-6-10-16(14)17/h5-11,15,18-20H,3-4,12-13H2,1-2H3. The van der Waals surface area contributed by atoms with Crippen LogP contribution in [-0.2, 0) is 4.74 Å². The summed E-state index contributed by atoms with van der Waals surface area (Å²) in [5.74, 6) is 0.716. The number of likely N-dealkylation sites (N-methyl/N-ethyl adjacent to an activating group) is 1. The molecule has 2 aromatic rings. The molecule has 112 valence electrons. The topological polar surface area (TPSA) is 21.3 Å². The normalized spacial score (nSPS) is 17.8. The Morgan fingerprint density at radius 1 is 1.10 bits per heavy atom. The molecule has 0 amide bonds.